The highest BCUT2D eigenvalue weighted by Gasteiger charge is 2.37. The second-order valence-electron chi connectivity index (χ2n) is 8.00. The van der Waals surface area contributed by atoms with Crippen LogP contribution in [0.1, 0.15) is 34.7 Å². The molecule has 0 radical (unpaired) electrons. The van der Waals surface area contributed by atoms with Gasteiger partial charge in [-0.1, -0.05) is 28.1 Å². The zero-order valence-corrected chi connectivity index (χ0v) is 19.4. The Bertz CT molecular complexity index is 1250. The number of pyridine rings is 1. The molecule has 0 bridgehead atoms. The maximum Gasteiger partial charge on any atom is 0.267 e. The van der Waals surface area contributed by atoms with Gasteiger partial charge in [-0.25, -0.2) is 4.98 Å². The van der Waals surface area contributed by atoms with Crippen molar-refractivity contribution in [2.24, 2.45) is 0 Å². The fourth-order valence-corrected chi connectivity index (χ4v) is 4.67. The van der Waals surface area contributed by atoms with Crippen molar-refractivity contribution >= 4 is 38.6 Å². The summed E-state index contributed by atoms with van der Waals surface area (Å²) in [5.41, 5.74) is 4.44. The molecule has 1 aliphatic heterocycles. The van der Waals surface area contributed by atoms with E-state index in [2.05, 4.69) is 68.1 Å². The zero-order chi connectivity index (χ0) is 22.2. The van der Waals surface area contributed by atoms with E-state index in [-0.39, 0.29) is 30.2 Å². The number of benzene rings is 2. The minimum Gasteiger partial charge on any atom is -0.497 e. The topological polar surface area (TPSA) is 68.5 Å². The first kappa shape index (κ1) is 20.7. The number of nitrogens with zero attached hydrogens (tertiary/aromatic N) is 3. The highest BCUT2D eigenvalue weighted by atomic mass is 79.9. The molecule has 0 spiro atoms. The maximum absolute atomic E-state index is 13.1. The van der Waals surface area contributed by atoms with E-state index in [0.717, 1.165) is 22.3 Å². The monoisotopic (exact) mass is 491 g/mol. The molecule has 0 saturated carbocycles. The molecule has 2 aromatic carbocycles. The minimum atomic E-state index is -0.166. The molecule has 32 heavy (non-hydrogen) atoms. The molecule has 2 unspecified atom stereocenters. The lowest BCUT2D eigenvalue weighted by molar-refractivity contribution is 0.0966. The van der Waals surface area contributed by atoms with E-state index < -0.39 is 0 Å². The van der Waals surface area contributed by atoms with Crippen LogP contribution in [0, 0.1) is 0 Å². The number of ketones is 1. The number of halogens is 1. The summed E-state index contributed by atoms with van der Waals surface area (Å²) in [5.74, 6) is 0.965. The molecule has 3 heterocycles. The van der Waals surface area contributed by atoms with Gasteiger partial charge in [0.25, 0.3) is 5.89 Å². The first-order valence-electron chi connectivity index (χ1n) is 10.5. The van der Waals surface area contributed by atoms with Gasteiger partial charge >= 0.3 is 0 Å². The van der Waals surface area contributed by atoms with Crippen molar-refractivity contribution in [1.82, 2.24) is 9.97 Å². The molecule has 0 aliphatic carbocycles. The molecule has 4 aromatic rings. The summed E-state index contributed by atoms with van der Waals surface area (Å²) < 4.78 is 12.2. The van der Waals surface area contributed by atoms with E-state index >= 15 is 0 Å². The quantitative estimate of drug-likeness (QED) is 0.335. The van der Waals surface area contributed by atoms with Crippen LogP contribution in [0.5, 0.6) is 5.75 Å². The van der Waals surface area contributed by atoms with E-state index in [1.54, 1.807) is 25.4 Å². The minimum absolute atomic E-state index is 0.0947. The van der Waals surface area contributed by atoms with Gasteiger partial charge in [-0.05, 0) is 66.9 Å². The van der Waals surface area contributed by atoms with Gasteiger partial charge in [0.1, 0.15) is 5.75 Å². The van der Waals surface area contributed by atoms with Gasteiger partial charge in [0.15, 0.2) is 11.2 Å². The molecule has 0 N–H and O–H groups in total. The number of hydrogen-bond donors (Lipinski definition) is 0. The van der Waals surface area contributed by atoms with Crippen molar-refractivity contribution < 1.29 is 13.9 Å². The Morgan fingerprint density at radius 1 is 1.19 bits per heavy atom. The molecule has 5 rings (SSSR count). The van der Waals surface area contributed by atoms with E-state index in [4.69, 9.17) is 9.15 Å². The number of hydrogen-bond acceptors (Lipinski definition) is 6. The normalized spacial score (nSPS) is 17.5. The molecule has 7 heteroatoms. The number of carbonyl (C=O) groups is 1. The van der Waals surface area contributed by atoms with Crippen molar-refractivity contribution in [2.75, 3.05) is 18.6 Å². The average molecular weight is 492 g/mol. The summed E-state index contributed by atoms with van der Waals surface area (Å²) in [7, 11) is 1.67. The predicted octanol–water partition coefficient (Wildman–Crippen LogP) is 5.41. The van der Waals surface area contributed by atoms with Crippen molar-refractivity contribution in [2.45, 2.75) is 25.3 Å². The molecule has 162 valence electrons. The third-order valence-electron chi connectivity index (χ3n) is 6.10. The SMILES string of the molecule is COc1ccc2c(c1)C(Cc1ccc(Br)cc1)C(C)N2CC(=O)c1nc2ncccc2o1. The highest BCUT2D eigenvalue weighted by molar-refractivity contribution is 9.10. The molecular formula is C25H22BrN3O3. The van der Waals surface area contributed by atoms with Crippen LogP contribution in [-0.4, -0.2) is 35.4 Å². The number of methoxy groups -OCH3 is 1. The van der Waals surface area contributed by atoms with Crippen LogP contribution in [0.25, 0.3) is 11.2 Å². The second kappa shape index (κ2) is 8.39. The fraction of sp³-hybridized carbons (Fsp3) is 0.240. The third-order valence-corrected chi connectivity index (χ3v) is 6.63. The fourth-order valence-electron chi connectivity index (χ4n) is 4.41. The summed E-state index contributed by atoms with van der Waals surface area (Å²) in [6, 6.07) is 18.1. The number of Topliss-reactive ketones (excluding diaryl/α,β-unsaturated/α-hetero) is 1. The van der Waals surface area contributed by atoms with Crippen LogP contribution in [0.3, 0.4) is 0 Å². The smallest absolute Gasteiger partial charge is 0.267 e. The lowest BCUT2D eigenvalue weighted by Gasteiger charge is -2.26. The van der Waals surface area contributed by atoms with Crippen molar-refractivity contribution in [1.29, 1.82) is 0 Å². The number of oxazole rings is 1. The number of fused-ring (bicyclic) bond motifs is 2. The average Bonchev–Trinajstić information content (AvgIpc) is 3.35. The third kappa shape index (κ3) is 3.77. The largest absolute Gasteiger partial charge is 0.497 e. The highest BCUT2D eigenvalue weighted by Crippen LogP contribution is 2.44. The Balaban J connectivity index is 1.45. The molecule has 6 nitrogen and oxygen atoms in total. The standard InChI is InChI=1S/C25H22BrN3O3/c1-15-19(12-16-5-7-17(26)8-6-16)20-13-18(31-2)9-10-21(20)29(15)14-22(30)25-28-24-23(32-25)4-3-11-27-24/h3-11,13,15,19H,12,14H2,1-2H3. The summed E-state index contributed by atoms with van der Waals surface area (Å²) in [6.07, 6.45) is 2.50. The Hall–Kier alpha value is -3.19. The van der Waals surface area contributed by atoms with Crippen molar-refractivity contribution in [3.63, 3.8) is 0 Å². The first-order valence-corrected chi connectivity index (χ1v) is 11.3. The van der Waals surface area contributed by atoms with Gasteiger partial charge < -0.3 is 14.1 Å². The number of anilines is 1. The second-order valence-corrected chi connectivity index (χ2v) is 8.91. The Kier molecular flexibility index (Phi) is 5.43. The van der Waals surface area contributed by atoms with Gasteiger partial charge in [0.05, 0.1) is 13.7 Å². The van der Waals surface area contributed by atoms with Crippen LogP contribution in [0.2, 0.25) is 0 Å². The van der Waals surface area contributed by atoms with Gasteiger partial charge in [-0.2, -0.15) is 4.98 Å². The molecule has 1 aliphatic rings. The van der Waals surface area contributed by atoms with Crippen LogP contribution < -0.4 is 9.64 Å². The Morgan fingerprint density at radius 3 is 2.75 bits per heavy atom. The summed E-state index contributed by atoms with van der Waals surface area (Å²) in [5, 5.41) is 0. The van der Waals surface area contributed by atoms with E-state index in [1.165, 1.54) is 11.1 Å². The lowest BCUT2D eigenvalue weighted by Crippen LogP contribution is -2.36. The van der Waals surface area contributed by atoms with Crippen LogP contribution >= 0.6 is 15.9 Å². The Morgan fingerprint density at radius 2 is 2.00 bits per heavy atom. The molecule has 2 atom stereocenters. The van der Waals surface area contributed by atoms with Gasteiger partial charge in [0, 0.05) is 28.3 Å². The van der Waals surface area contributed by atoms with E-state index in [9.17, 15) is 4.79 Å². The number of aromatic nitrogens is 2. The van der Waals surface area contributed by atoms with E-state index in [1.807, 2.05) is 12.1 Å². The van der Waals surface area contributed by atoms with Crippen LogP contribution in [0.4, 0.5) is 5.69 Å². The number of ether oxygens (including phenoxy) is 1. The predicted molar refractivity (Wildman–Crippen MR) is 127 cm³/mol. The number of rotatable bonds is 6. The van der Waals surface area contributed by atoms with Gasteiger partial charge in [-0.15, -0.1) is 0 Å². The van der Waals surface area contributed by atoms with Crippen molar-refractivity contribution in [3.05, 3.63) is 82.3 Å². The molecule has 0 fully saturated rings. The Labute approximate surface area is 194 Å². The summed E-state index contributed by atoms with van der Waals surface area (Å²) in [4.78, 5) is 23.7. The van der Waals surface area contributed by atoms with Crippen molar-refractivity contribution in [3.8, 4) is 5.75 Å². The first-order chi connectivity index (χ1) is 15.5. The number of carbonyl (C=O) groups excluding carboxylic acids is 1. The summed E-state index contributed by atoms with van der Waals surface area (Å²) >= 11 is 3.50. The van der Waals surface area contributed by atoms with Gasteiger partial charge in [0.2, 0.25) is 5.78 Å². The molecular weight excluding hydrogens is 470 g/mol. The summed E-state index contributed by atoms with van der Waals surface area (Å²) in [6.45, 7) is 2.35. The maximum atomic E-state index is 13.1. The molecule has 2 aromatic heterocycles. The van der Waals surface area contributed by atoms with Gasteiger partial charge in [-0.3, -0.25) is 4.79 Å². The molecule has 0 saturated heterocycles. The molecule has 0 amide bonds. The lowest BCUT2D eigenvalue weighted by atomic mass is 9.89. The zero-order valence-electron chi connectivity index (χ0n) is 17.8. The van der Waals surface area contributed by atoms with E-state index in [0.29, 0.717) is 11.2 Å². The van der Waals surface area contributed by atoms with Crippen LogP contribution in [0.15, 0.2) is 69.7 Å². The van der Waals surface area contributed by atoms with Crippen LogP contribution in [-0.2, 0) is 6.42 Å².